The average molecular weight is 350 g/mol. The van der Waals surface area contributed by atoms with Gasteiger partial charge in [-0.15, -0.1) is 10.2 Å². The number of aryl methyl sites for hydroxylation is 1. The summed E-state index contributed by atoms with van der Waals surface area (Å²) in [4.78, 5) is 12.5. The van der Waals surface area contributed by atoms with E-state index < -0.39 is 0 Å². The van der Waals surface area contributed by atoms with E-state index in [0.717, 1.165) is 5.56 Å². The van der Waals surface area contributed by atoms with Gasteiger partial charge < -0.3 is 19.4 Å². The predicted octanol–water partition coefficient (Wildman–Crippen LogP) is 2.19. The Kier molecular flexibility index (Phi) is 6.08. The van der Waals surface area contributed by atoms with Gasteiger partial charge in [-0.05, 0) is 32.0 Å². The molecular weight excluding hydrogens is 328 g/mol. The molecule has 0 fully saturated rings. The number of carbonyl (C=O) groups excluding carboxylic acids is 1. The van der Waals surface area contributed by atoms with Crippen molar-refractivity contribution in [1.29, 1.82) is 0 Å². The van der Waals surface area contributed by atoms with Crippen LogP contribution in [0.2, 0.25) is 0 Å². The summed E-state index contributed by atoms with van der Waals surface area (Å²) >= 11 is 1.36. The largest absolute Gasteiger partial charge is 0.497 e. The Labute approximate surface area is 145 Å². The summed E-state index contributed by atoms with van der Waals surface area (Å²) in [7, 11) is 5.05. The molecular formula is C16H22N4O3S. The van der Waals surface area contributed by atoms with Crippen molar-refractivity contribution in [3.05, 3.63) is 30.1 Å². The lowest BCUT2D eigenvalue weighted by molar-refractivity contribution is -0.120. The molecule has 0 radical (unpaired) electrons. The summed E-state index contributed by atoms with van der Waals surface area (Å²) in [5, 5.41) is 11.2. The minimum atomic E-state index is -0.299. The Morgan fingerprint density at radius 2 is 2.04 bits per heavy atom. The first-order chi connectivity index (χ1) is 11.5. The molecule has 24 heavy (non-hydrogen) atoms. The number of thioether (sulfide) groups is 1. The summed E-state index contributed by atoms with van der Waals surface area (Å²) in [6.07, 6.45) is 1.61. The number of hydrogen-bond acceptors (Lipinski definition) is 6. The highest BCUT2D eigenvalue weighted by Crippen LogP contribution is 2.29. The van der Waals surface area contributed by atoms with Crippen LogP contribution in [0.25, 0.3) is 0 Å². The third-order valence-corrected chi connectivity index (χ3v) is 4.73. The molecule has 1 heterocycles. The summed E-state index contributed by atoms with van der Waals surface area (Å²) in [5.74, 6) is 1.34. The highest BCUT2D eigenvalue weighted by molar-refractivity contribution is 8.00. The summed E-state index contributed by atoms with van der Waals surface area (Å²) in [6, 6.07) is 5.30. The van der Waals surface area contributed by atoms with E-state index in [1.54, 1.807) is 25.1 Å². The molecule has 130 valence electrons. The minimum absolute atomic E-state index is 0.0830. The van der Waals surface area contributed by atoms with Crippen LogP contribution in [0.15, 0.2) is 29.7 Å². The van der Waals surface area contributed by atoms with E-state index in [0.29, 0.717) is 16.7 Å². The van der Waals surface area contributed by atoms with Gasteiger partial charge in [-0.1, -0.05) is 11.8 Å². The van der Waals surface area contributed by atoms with Crippen LogP contribution in [0.4, 0.5) is 0 Å². The van der Waals surface area contributed by atoms with Gasteiger partial charge >= 0.3 is 0 Å². The number of benzene rings is 1. The highest BCUT2D eigenvalue weighted by atomic mass is 32.2. The van der Waals surface area contributed by atoms with Gasteiger partial charge in [-0.3, -0.25) is 4.79 Å². The molecule has 8 heteroatoms. The zero-order valence-corrected chi connectivity index (χ0v) is 15.3. The molecule has 0 unspecified atom stereocenters. The second-order valence-electron chi connectivity index (χ2n) is 5.32. The molecule has 7 nitrogen and oxygen atoms in total. The molecule has 1 aromatic carbocycles. The molecule has 0 saturated heterocycles. The number of methoxy groups -OCH3 is 2. The summed E-state index contributed by atoms with van der Waals surface area (Å²) in [5.41, 5.74) is 0.862. The summed E-state index contributed by atoms with van der Waals surface area (Å²) < 4.78 is 12.4. The van der Waals surface area contributed by atoms with Crippen LogP contribution in [0.5, 0.6) is 11.5 Å². The van der Waals surface area contributed by atoms with Gasteiger partial charge in [-0.2, -0.15) is 0 Å². The fraction of sp³-hybridized carbons (Fsp3) is 0.438. The lowest BCUT2D eigenvalue weighted by Gasteiger charge is -2.20. The lowest BCUT2D eigenvalue weighted by atomic mass is 10.1. The Hall–Kier alpha value is -2.22. The first-order valence-electron chi connectivity index (χ1n) is 7.49. The number of rotatable bonds is 7. The normalized spacial score (nSPS) is 13.2. The average Bonchev–Trinajstić information content (AvgIpc) is 2.98. The maximum absolute atomic E-state index is 12.5. The SMILES string of the molecule is COc1ccc(OC)c([C@@H](C)NC(=O)[C@@H](C)Sc2nncn2C)c1. The van der Waals surface area contributed by atoms with Crippen molar-refractivity contribution in [1.82, 2.24) is 20.1 Å². The van der Waals surface area contributed by atoms with Crippen molar-refractivity contribution in [3.63, 3.8) is 0 Å². The van der Waals surface area contributed by atoms with Crippen molar-refractivity contribution in [3.8, 4) is 11.5 Å². The molecule has 0 saturated carbocycles. The number of hydrogen-bond donors (Lipinski definition) is 1. The molecule has 1 N–H and O–H groups in total. The first kappa shape index (κ1) is 18.1. The van der Waals surface area contributed by atoms with Crippen LogP contribution in [0.3, 0.4) is 0 Å². The maximum atomic E-state index is 12.5. The molecule has 1 amide bonds. The zero-order chi connectivity index (χ0) is 17.7. The second-order valence-corrected chi connectivity index (χ2v) is 6.63. The van der Waals surface area contributed by atoms with Crippen LogP contribution in [0.1, 0.15) is 25.5 Å². The van der Waals surface area contributed by atoms with Crippen LogP contribution in [-0.4, -0.2) is 40.1 Å². The van der Waals surface area contributed by atoms with Crippen LogP contribution in [-0.2, 0) is 11.8 Å². The van der Waals surface area contributed by atoms with Crippen molar-refractivity contribution in [2.24, 2.45) is 7.05 Å². The Morgan fingerprint density at radius 1 is 1.29 bits per heavy atom. The second kappa shape index (κ2) is 8.05. The van der Waals surface area contributed by atoms with Crippen molar-refractivity contribution in [2.75, 3.05) is 14.2 Å². The maximum Gasteiger partial charge on any atom is 0.233 e. The molecule has 0 bridgehead atoms. The molecule has 2 aromatic rings. The van der Waals surface area contributed by atoms with Gasteiger partial charge in [0.1, 0.15) is 17.8 Å². The van der Waals surface area contributed by atoms with E-state index in [1.807, 2.05) is 39.1 Å². The molecule has 0 aliphatic rings. The zero-order valence-electron chi connectivity index (χ0n) is 14.4. The molecule has 0 spiro atoms. The molecule has 0 aliphatic carbocycles. The van der Waals surface area contributed by atoms with Crippen LogP contribution >= 0.6 is 11.8 Å². The number of nitrogens with one attached hydrogen (secondary N) is 1. The molecule has 1 aromatic heterocycles. The quantitative estimate of drug-likeness (QED) is 0.771. The minimum Gasteiger partial charge on any atom is -0.497 e. The topological polar surface area (TPSA) is 78.3 Å². The number of nitrogens with zero attached hydrogens (tertiary/aromatic N) is 3. The van der Waals surface area contributed by atoms with Gasteiger partial charge in [0.25, 0.3) is 0 Å². The van der Waals surface area contributed by atoms with Gasteiger partial charge in [0.2, 0.25) is 5.91 Å². The number of carbonyl (C=O) groups is 1. The van der Waals surface area contributed by atoms with Crippen LogP contribution < -0.4 is 14.8 Å². The Balaban J connectivity index is 2.06. The Morgan fingerprint density at radius 3 is 2.62 bits per heavy atom. The van der Waals surface area contributed by atoms with Crippen molar-refractivity contribution >= 4 is 17.7 Å². The van der Waals surface area contributed by atoms with E-state index in [2.05, 4.69) is 15.5 Å². The summed E-state index contributed by atoms with van der Waals surface area (Å²) in [6.45, 7) is 3.75. The smallest absolute Gasteiger partial charge is 0.233 e. The van der Waals surface area contributed by atoms with Crippen molar-refractivity contribution in [2.45, 2.75) is 30.3 Å². The number of ether oxygens (including phenoxy) is 2. The van der Waals surface area contributed by atoms with Gasteiger partial charge in [-0.25, -0.2) is 0 Å². The molecule has 2 atom stereocenters. The van der Waals surface area contributed by atoms with E-state index in [-0.39, 0.29) is 17.2 Å². The third kappa shape index (κ3) is 4.19. The highest BCUT2D eigenvalue weighted by Gasteiger charge is 2.21. The van der Waals surface area contributed by atoms with Crippen molar-refractivity contribution < 1.29 is 14.3 Å². The van der Waals surface area contributed by atoms with E-state index in [1.165, 1.54) is 11.8 Å². The number of amides is 1. The fourth-order valence-electron chi connectivity index (χ4n) is 2.18. The number of aromatic nitrogens is 3. The van der Waals surface area contributed by atoms with E-state index in [4.69, 9.17) is 9.47 Å². The van der Waals surface area contributed by atoms with Gasteiger partial charge in [0.05, 0.1) is 25.5 Å². The van der Waals surface area contributed by atoms with E-state index >= 15 is 0 Å². The molecule has 2 rings (SSSR count). The van der Waals surface area contributed by atoms with E-state index in [9.17, 15) is 4.79 Å². The van der Waals surface area contributed by atoms with Crippen LogP contribution in [0, 0.1) is 0 Å². The third-order valence-electron chi connectivity index (χ3n) is 3.58. The monoisotopic (exact) mass is 350 g/mol. The predicted molar refractivity (Wildman–Crippen MR) is 92.4 cm³/mol. The molecule has 0 aliphatic heterocycles. The fourth-order valence-corrected chi connectivity index (χ4v) is 2.98. The van der Waals surface area contributed by atoms with Gasteiger partial charge in [0.15, 0.2) is 5.16 Å². The van der Waals surface area contributed by atoms with Gasteiger partial charge in [0, 0.05) is 12.6 Å². The lowest BCUT2D eigenvalue weighted by Crippen LogP contribution is -2.33. The first-order valence-corrected chi connectivity index (χ1v) is 8.37. The Bertz CT molecular complexity index is 704. The standard InChI is InChI=1S/C16H22N4O3S/c1-10(13-8-12(22-4)6-7-14(13)23-5)18-15(21)11(2)24-16-19-17-9-20(16)3/h6-11H,1-5H3,(H,18,21)/t10-,11-/m1/s1.